The Kier molecular flexibility index (Phi) is 5.37. The molecule has 0 bridgehead atoms. The predicted molar refractivity (Wildman–Crippen MR) is 58.5 cm³/mol. The molecule has 0 aromatic rings. The van der Waals surface area contributed by atoms with Crippen molar-refractivity contribution in [2.24, 2.45) is 5.92 Å². The second-order valence-corrected chi connectivity index (χ2v) is 2.81. The molecular formula is C12H16O. The molecule has 1 nitrogen and oxygen atoms in total. The zero-order chi connectivity index (χ0) is 10.3. The molecule has 0 heterocycles. The van der Waals surface area contributed by atoms with E-state index in [4.69, 9.17) is 5.11 Å². The number of hydrogen-bond acceptors (Lipinski definition) is 1. The highest BCUT2D eigenvalue weighted by Gasteiger charge is 1.97. The summed E-state index contributed by atoms with van der Waals surface area (Å²) in [7, 11) is 0. The number of allylic oxidation sites excluding steroid dienone is 6. The summed E-state index contributed by atoms with van der Waals surface area (Å²) < 4.78 is 0. The van der Waals surface area contributed by atoms with Crippen LogP contribution < -0.4 is 0 Å². The van der Waals surface area contributed by atoms with Gasteiger partial charge in [-0.25, -0.2) is 0 Å². The van der Waals surface area contributed by atoms with Crippen molar-refractivity contribution >= 4 is 0 Å². The van der Waals surface area contributed by atoms with Gasteiger partial charge in [0.2, 0.25) is 0 Å². The minimum Gasteiger partial charge on any atom is -0.509 e. The maximum atomic E-state index is 8.80. The van der Waals surface area contributed by atoms with Gasteiger partial charge in [0.25, 0.3) is 0 Å². The van der Waals surface area contributed by atoms with Crippen LogP contribution in [-0.4, -0.2) is 5.11 Å². The van der Waals surface area contributed by atoms with E-state index in [0.717, 1.165) is 5.57 Å². The first-order chi connectivity index (χ1) is 6.07. The summed E-state index contributed by atoms with van der Waals surface area (Å²) in [5.41, 5.74) is 0.924. The molecule has 1 heteroatoms. The van der Waals surface area contributed by atoms with Gasteiger partial charge in [0.15, 0.2) is 0 Å². The van der Waals surface area contributed by atoms with Gasteiger partial charge in [-0.3, -0.25) is 0 Å². The maximum absolute atomic E-state index is 8.80. The number of aliphatic hydroxyl groups excluding tert-OH is 1. The van der Waals surface area contributed by atoms with E-state index in [1.165, 1.54) is 6.08 Å². The Hall–Kier alpha value is -1.50. The average Bonchev–Trinajstić information content (AvgIpc) is 2.10. The van der Waals surface area contributed by atoms with Gasteiger partial charge in [0, 0.05) is 0 Å². The zero-order valence-electron chi connectivity index (χ0n) is 8.03. The predicted octanol–water partition coefficient (Wildman–Crippen LogP) is 3.55. The first kappa shape index (κ1) is 11.5. The van der Waals surface area contributed by atoms with Gasteiger partial charge in [-0.15, -0.1) is 0 Å². The fourth-order valence-corrected chi connectivity index (χ4v) is 0.724. The normalized spacial score (nSPS) is 13.3. The van der Waals surface area contributed by atoms with Gasteiger partial charge < -0.3 is 5.11 Å². The highest BCUT2D eigenvalue weighted by Crippen LogP contribution is 2.11. The third-order valence-electron chi connectivity index (χ3n) is 1.61. The quantitative estimate of drug-likeness (QED) is 0.501. The lowest BCUT2D eigenvalue weighted by atomic mass is 10.0. The molecule has 0 saturated carbocycles. The molecule has 0 aliphatic rings. The van der Waals surface area contributed by atoms with Crippen molar-refractivity contribution in [1.29, 1.82) is 0 Å². The summed E-state index contributed by atoms with van der Waals surface area (Å²) in [4.78, 5) is 0. The van der Waals surface area contributed by atoms with E-state index in [1.54, 1.807) is 12.2 Å². The van der Waals surface area contributed by atoms with Crippen LogP contribution in [0.3, 0.4) is 0 Å². The van der Waals surface area contributed by atoms with Crippen molar-refractivity contribution in [3.8, 4) is 0 Å². The standard InChI is InChI=1S/C12H16O/c1-5-6-7-10(2)11(3)8-9-12(4)13/h5-10,13H,1,3-4H2,2H3/b7-6-,9-8-. The summed E-state index contributed by atoms with van der Waals surface area (Å²) >= 11 is 0. The zero-order valence-corrected chi connectivity index (χ0v) is 8.03. The van der Waals surface area contributed by atoms with Gasteiger partial charge in [-0.1, -0.05) is 51.0 Å². The summed E-state index contributed by atoms with van der Waals surface area (Å²) in [6.07, 6.45) is 8.86. The van der Waals surface area contributed by atoms with Crippen LogP contribution in [0, 0.1) is 5.92 Å². The van der Waals surface area contributed by atoms with E-state index < -0.39 is 0 Å². The second kappa shape index (κ2) is 6.06. The van der Waals surface area contributed by atoms with Crippen LogP contribution in [0.4, 0.5) is 0 Å². The third kappa shape index (κ3) is 5.74. The maximum Gasteiger partial charge on any atom is 0.108 e. The Bertz CT molecular complexity index is 256. The SMILES string of the molecule is C=C/C=C\C(C)C(=C)/C=C\C(=C)O. The molecule has 1 atom stereocenters. The summed E-state index contributed by atoms with van der Waals surface area (Å²) in [5.74, 6) is 0.287. The van der Waals surface area contributed by atoms with Crippen molar-refractivity contribution < 1.29 is 5.11 Å². The molecule has 1 N–H and O–H groups in total. The molecule has 0 aromatic carbocycles. The van der Waals surface area contributed by atoms with E-state index in [-0.39, 0.29) is 11.7 Å². The molecule has 0 aliphatic carbocycles. The molecule has 70 valence electrons. The van der Waals surface area contributed by atoms with Gasteiger partial charge >= 0.3 is 0 Å². The lowest BCUT2D eigenvalue weighted by Crippen LogP contribution is -1.90. The topological polar surface area (TPSA) is 20.2 Å². The fraction of sp³-hybridized carbons (Fsp3) is 0.167. The van der Waals surface area contributed by atoms with Crippen molar-refractivity contribution in [3.63, 3.8) is 0 Å². The number of hydrogen-bond donors (Lipinski definition) is 1. The largest absolute Gasteiger partial charge is 0.509 e. The Balaban J connectivity index is 4.18. The minimum atomic E-state index is 0.0426. The van der Waals surface area contributed by atoms with E-state index in [0.29, 0.717) is 0 Å². The molecular weight excluding hydrogens is 160 g/mol. The first-order valence-corrected chi connectivity index (χ1v) is 4.12. The van der Waals surface area contributed by atoms with Crippen LogP contribution in [0.5, 0.6) is 0 Å². The van der Waals surface area contributed by atoms with Crippen LogP contribution in [0.2, 0.25) is 0 Å². The second-order valence-electron chi connectivity index (χ2n) is 2.81. The molecule has 0 spiro atoms. The monoisotopic (exact) mass is 176 g/mol. The van der Waals surface area contributed by atoms with Crippen LogP contribution >= 0.6 is 0 Å². The lowest BCUT2D eigenvalue weighted by molar-refractivity contribution is 0.435. The highest BCUT2D eigenvalue weighted by molar-refractivity contribution is 5.25. The summed E-state index contributed by atoms with van der Waals surface area (Å²) in [5, 5.41) is 8.80. The summed E-state index contributed by atoms with van der Waals surface area (Å²) in [6.45, 7) is 12.8. The van der Waals surface area contributed by atoms with Gasteiger partial charge in [-0.05, 0) is 17.6 Å². The van der Waals surface area contributed by atoms with Crippen molar-refractivity contribution in [2.45, 2.75) is 6.92 Å². The van der Waals surface area contributed by atoms with Crippen LogP contribution in [-0.2, 0) is 0 Å². The van der Waals surface area contributed by atoms with Crippen molar-refractivity contribution in [1.82, 2.24) is 0 Å². The van der Waals surface area contributed by atoms with Crippen molar-refractivity contribution in [2.75, 3.05) is 0 Å². The lowest BCUT2D eigenvalue weighted by Gasteiger charge is -2.04. The van der Waals surface area contributed by atoms with Gasteiger partial charge in [0.1, 0.15) is 5.76 Å². The first-order valence-electron chi connectivity index (χ1n) is 4.12. The molecule has 1 unspecified atom stereocenters. The van der Waals surface area contributed by atoms with E-state index >= 15 is 0 Å². The molecule has 0 radical (unpaired) electrons. The summed E-state index contributed by atoms with van der Waals surface area (Å²) in [6, 6.07) is 0. The average molecular weight is 176 g/mol. The molecule has 0 amide bonds. The van der Waals surface area contributed by atoms with E-state index in [2.05, 4.69) is 19.7 Å². The molecule has 0 rings (SSSR count). The Labute approximate surface area is 80.1 Å². The molecule has 13 heavy (non-hydrogen) atoms. The van der Waals surface area contributed by atoms with E-state index in [9.17, 15) is 0 Å². The van der Waals surface area contributed by atoms with Crippen LogP contribution in [0.1, 0.15) is 6.92 Å². The van der Waals surface area contributed by atoms with Gasteiger partial charge in [0.05, 0.1) is 0 Å². The van der Waals surface area contributed by atoms with Crippen molar-refractivity contribution in [3.05, 3.63) is 61.4 Å². The van der Waals surface area contributed by atoms with E-state index in [1.807, 2.05) is 19.1 Å². The molecule has 0 saturated heterocycles. The number of rotatable bonds is 5. The molecule has 0 aromatic heterocycles. The fourth-order valence-electron chi connectivity index (χ4n) is 0.724. The molecule has 0 aliphatic heterocycles. The third-order valence-corrected chi connectivity index (χ3v) is 1.61. The Morgan fingerprint density at radius 3 is 2.38 bits per heavy atom. The minimum absolute atomic E-state index is 0.0426. The Morgan fingerprint density at radius 2 is 1.92 bits per heavy atom. The smallest absolute Gasteiger partial charge is 0.108 e. The molecule has 0 fully saturated rings. The van der Waals surface area contributed by atoms with Crippen LogP contribution in [0.15, 0.2) is 61.4 Å². The van der Waals surface area contributed by atoms with Gasteiger partial charge in [-0.2, -0.15) is 0 Å². The highest BCUT2D eigenvalue weighted by atomic mass is 16.3. The number of aliphatic hydroxyl groups is 1. The Morgan fingerprint density at radius 1 is 1.31 bits per heavy atom. The van der Waals surface area contributed by atoms with Crippen LogP contribution in [0.25, 0.3) is 0 Å².